The summed E-state index contributed by atoms with van der Waals surface area (Å²) in [5.41, 5.74) is -0.502. The van der Waals surface area contributed by atoms with E-state index < -0.39 is 31.5 Å². The van der Waals surface area contributed by atoms with E-state index in [0.717, 1.165) is 18.2 Å². The summed E-state index contributed by atoms with van der Waals surface area (Å²) < 4.78 is 7.95. The Balaban J connectivity index is 1.41. The standard InChI is InChI=1S/C29H34N4O6Si/c1-17-26(40(2,3)38)24(14-25(35)32-12-6-8-20(32)16-34)39-29(17)22-13-19(10-11-23(22)31-28(29)37)33-27(36)21-9-5-4-7-18(21)15-30-33/h4-5,7,9-11,13,15,17,20,24,26,34,38H,6,8,12,14,16H2,1-3H3,(H,31,37)/t17-,20-,24+,26-,29+/m0/s1. The molecule has 2 amide bonds. The van der Waals surface area contributed by atoms with E-state index in [1.54, 1.807) is 41.4 Å². The second-order valence-corrected chi connectivity index (χ2v) is 15.7. The van der Waals surface area contributed by atoms with Gasteiger partial charge in [0.15, 0.2) is 13.9 Å². The van der Waals surface area contributed by atoms with Crippen molar-refractivity contribution in [2.75, 3.05) is 18.5 Å². The van der Waals surface area contributed by atoms with Crippen molar-refractivity contribution in [2.24, 2.45) is 5.92 Å². The van der Waals surface area contributed by atoms with Gasteiger partial charge in [0.05, 0.1) is 42.4 Å². The van der Waals surface area contributed by atoms with Crippen LogP contribution in [0.4, 0.5) is 5.69 Å². The quantitative estimate of drug-likeness (QED) is 0.407. The zero-order valence-electron chi connectivity index (χ0n) is 22.8. The van der Waals surface area contributed by atoms with Crippen LogP contribution in [-0.2, 0) is 19.9 Å². The zero-order valence-corrected chi connectivity index (χ0v) is 23.8. The highest BCUT2D eigenvalue weighted by atomic mass is 28.4. The van der Waals surface area contributed by atoms with E-state index in [0.29, 0.717) is 28.9 Å². The minimum atomic E-state index is -2.94. The Morgan fingerprint density at radius 2 is 2.00 bits per heavy atom. The second-order valence-electron chi connectivity index (χ2n) is 11.8. The number of carbonyl (C=O) groups is 2. The molecule has 0 unspecified atom stereocenters. The van der Waals surface area contributed by atoms with E-state index in [2.05, 4.69) is 10.4 Å². The van der Waals surface area contributed by atoms with Crippen LogP contribution < -0.4 is 10.9 Å². The number of hydrogen-bond acceptors (Lipinski definition) is 7. The van der Waals surface area contributed by atoms with Crippen LogP contribution in [0.2, 0.25) is 18.6 Å². The molecule has 11 heteroatoms. The highest BCUT2D eigenvalue weighted by molar-refractivity contribution is 6.71. The largest absolute Gasteiger partial charge is 0.432 e. The molecule has 1 spiro atoms. The molecule has 0 saturated carbocycles. The Kier molecular flexibility index (Phi) is 6.45. The summed E-state index contributed by atoms with van der Waals surface area (Å²) in [6.45, 7) is 5.99. The molecule has 6 rings (SSSR count). The molecule has 4 heterocycles. The Morgan fingerprint density at radius 1 is 1.23 bits per heavy atom. The highest BCUT2D eigenvalue weighted by Crippen LogP contribution is 2.58. The topological polar surface area (TPSA) is 134 Å². The average molecular weight is 563 g/mol. The van der Waals surface area contributed by atoms with Gasteiger partial charge in [0.2, 0.25) is 5.91 Å². The fourth-order valence-corrected chi connectivity index (χ4v) is 9.69. The molecular weight excluding hydrogens is 528 g/mol. The van der Waals surface area contributed by atoms with Crippen LogP contribution in [-0.4, -0.2) is 70.0 Å². The molecular formula is C29H34N4O6Si. The molecule has 10 nitrogen and oxygen atoms in total. The molecule has 3 aliphatic heterocycles. The third kappa shape index (κ3) is 4.02. The van der Waals surface area contributed by atoms with Crippen molar-refractivity contribution >= 4 is 36.6 Å². The molecule has 210 valence electrons. The molecule has 2 saturated heterocycles. The second kappa shape index (κ2) is 9.62. The first kappa shape index (κ1) is 26.8. The van der Waals surface area contributed by atoms with Gasteiger partial charge in [0, 0.05) is 34.6 Å². The predicted molar refractivity (Wildman–Crippen MR) is 152 cm³/mol. The van der Waals surface area contributed by atoms with Crippen molar-refractivity contribution in [3.63, 3.8) is 0 Å². The number of carbonyl (C=O) groups excluding carboxylic acids is 2. The summed E-state index contributed by atoms with van der Waals surface area (Å²) in [6, 6.07) is 12.2. The fourth-order valence-electron chi connectivity index (χ4n) is 7.13. The van der Waals surface area contributed by atoms with Crippen molar-refractivity contribution in [3.8, 4) is 5.69 Å². The van der Waals surface area contributed by atoms with Crippen molar-refractivity contribution in [1.82, 2.24) is 14.7 Å². The van der Waals surface area contributed by atoms with E-state index in [9.17, 15) is 24.3 Å². The van der Waals surface area contributed by atoms with Crippen LogP contribution in [0.25, 0.3) is 16.5 Å². The van der Waals surface area contributed by atoms with E-state index in [4.69, 9.17) is 4.74 Å². The summed E-state index contributed by atoms with van der Waals surface area (Å²) >= 11 is 0. The van der Waals surface area contributed by atoms with Crippen molar-refractivity contribution < 1.29 is 24.2 Å². The van der Waals surface area contributed by atoms with Gasteiger partial charge in [-0.25, -0.2) is 0 Å². The normalized spacial score (nSPS) is 27.9. The first-order valence-electron chi connectivity index (χ1n) is 13.8. The number of fused-ring (bicyclic) bond motifs is 3. The smallest absolute Gasteiger partial charge is 0.279 e. The van der Waals surface area contributed by atoms with Gasteiger partial charge in [-0.1, -0.05) is 25.1 Å². The van der Waals surface area contributed by atoms with Crippen molar-refractivity contribution in [3.05, 3.63) is 64.6 Å². The van der Waals surface area contributed by atoms with Crippen LogP contribution in [0.1, 0.15) is 31.7 Å². The lowest BCUT2D eigenvalue weighted by molar-refractivity contribution is -0.148. The molecule has 2 fully saturated rings. The van der Waals surface area contributed by atoms with Gasteiger partial charge in [-0.15, -0.1) is 0 Å². The number of aromatic nitrogens is 2. The number of likely N-dealkylation sites (tertiary alicyclic amines) is 1. The molecule has 0 aliphatic carbocycles. The molecule has 3 aliphatic rings. The Morgan fingerprint density at radius 3 is 2.75 bits per heavy atom. The van der Waals surface area contributed by atoms with E-state index in [1.807, 2.05) is 32.2 Å². The van der Waals surface area contributed by atoms with Gasteiger partial charge < -0.3 is 24.9 Å². The van der Waals surface area contributed by atoms with E-state index in [1.165, 1.54) is 4.68 Å². The third-order valence-corrected chi connectivity index (χ3v) is 11.4. The third-order valence-electron chi connectivity index (χ3n) is 8.95. The van der Waals surface area contributed by atoms with Crippen molar-refractivity contribution in [1.29, 1.82) is 0 Å². The minimum absolute atomic E-state index is 0.0121. The van der Waals surface area contributed by atoms with Gasteiger partial charge in [0.25, 0.3) is 11.5 Å². The summed E-state index contributed by atoms with van der Waals surface area (Å²) in [6.07, 6.45) is 2.54. The molecule has 3 aromatic rings. The monoisotopic (exact) mass is 562 g/mol. The number of rotatable bonds is 5. The van der Waals surface area contributed by atoms with E-state index >= 15 is 0 Å². The summed E-state index contributed by atoms with van der Waals surface area (Å²) in [4.78, 5) is 53.5. The Labute approximate surface area is 232 Å². The number of hydrogen-bond donors (Lipinski definition) is 3. The number of nitrogens with one attached hydrogen (secondary N) is 1. The highest BCUT2D eigenvalue weighted by Gasteiger charge is 2.65. The van der Waals surface area contributed by atoms with Crippen LogP contribution in [0, 0.1) is 5.92 Å². The van der Waals surface area contributed by atoms with Gasteiger partial charge in [0.1, 0.15) is 0 Å². The maximum absolute atomic E-state index is 13.7. The Hall–Kier alpha value is -3.38. The molecule has 0 radical (unpaired) electrons. The lowest BCUT2D eigenvalue weighted by Crippen LogP contribution is -2.44. The molecule has 1 aromatic heterocycles. The zero-order chi connectivity index (χ0) is 28.4. The number of benzene rings is 2. The van der Waals surface area contributed by atoms with Gasteiger partial charge in [-0.3, -0.25) is 14.4 Å². The average Bonchev–Trinajstić information content (AvgIpc) is 3.59. The minimum Gasteiger partial charge on any atom is -0.432 e. The maximum Gasteiger partial charge on any atom is 0.279 e. The van der Waals surface area contributed by atoms with Gasteiger partial charge in [-0.05, 0) is 50.2 Å². The number of aliphatic hydroxyl groups is 1. The van der Waals surface area contributed by atoms with Gasteiger partial charge in [-0.2, -0.15) is 9.78 Å². The van der Waals surface area contributed by atoms with Crippen molar-refractivity contribution in [2.45, 2.75) is 62.6 Å². The fraction of sp³-hybridized carbons (Fsp3) is 0.448. The molecule has 40 heavy (non-hydrogen) atoms. The van der Waals surface area contributed by atoms with Gasteiger partial charge >= 0.3 is 0 Å². The van der Waals surface area contributed by atoms with Crippen LogP contribution in [0.5, 0.6) is 0 Å². The lowest BCUT2D eigenvalue weighted by Gasteiger charge is -2.32. The molecule has 2 aromatic carbocycles. The SMILES string of the molecule is C[C@H]1[C@H]([Si](C)(C)O)[C@@H](CC(=O)N2CCC[C@H]2CO)O[C@]12C(=O)Nc1ccc(-n3ncc4ccccc4c3=O)cc12. The summed E-state index contributed by atoms with van der Waals surface area (Å²) in [5, 5.41) is 18.3. The number of aliphatic hydroxyl groups excluding tert-OH is 1. The number of nitrogens with zero attached hydrogens (tertiary/aromatic N) is 3. The summed E-state index contributed by atoms with van der Waals surface area (Å²) in [5.74, 6) is -0.936. The first-order chi connectivity index (χ1) is 19.1. The molecule has 5 atom stereocenters. The van der Waals surface area contributed by atoms with E-state index in [-0.39, 0.29) is 36.4 Å². The molecule has 3 N–H and O–H groups in total. The molecule has 0 bridgehead atoms. The maximum atomic E-state index is 13.7. The van der Waals surface area contributed by atoms with Crippen LogP contribution in [0.15, 0.2) is 53.5 Å². The predicted octanol–water partition coefficient (Wildman–Crippen LogP) is 2.51. The number of amides is 2. The van der Waals surface area contributed by atoms with Crippen LogP contribution >= 0.6 is 0 Å². The lowest BCUT2D eigenvalue weighted by atomic mass is 9.82. The number of anilines is 1. The first-order valence-corrected chi connectivity index (χ1v) is 16.8. The number of ether oxygens (including phenoxy) is 1. The van der Waals surface area contributed by atoms with Crippen LogP contribution in [0.3, 0.4) is 0 Å². The summed E-state index contributed by atoms with van der Waals surface area (Å²) in [7, 11) is -2.94. The Bertz CT molecular complexity index is 1570.